The molecule has 15 heavy (non-hydrogen) atoms. The molecular formula is C9H12N2O4. The first-order chi connectivity index (χ1) is 7.06. The van der Waals surface area contributed by atoms with Crippen LogP contribution in [0.15, 0.2) is 18.3 Å². The molecule has 1 aromatic rings. The predicted octanol–water partition coefficient (Wildman–Crippen LogP) is -0.769. The number of carbonyl (C=O) groups is 1. The number of nitrogens with zero attached hydrogens (tertiary/aromatic N) is 1. The monoisotopic (exact) mass is 212 g/mol. The summed E-state index contributed by atoms with van der Waals surface area (Å²) in [5, 5.41) is 18.8. The van der Waals surface area contributed by atoms with Gasteiger partial charge in [0.25, 0.3) is 0 Å². The number of carbonyl (C=O) groups excluding carboxylic acids is 1. The van der Waals surface area contributed by atoms with Gasteiger partial charge in [0.1, 0.15) is 6.10 Å². The number of rotatable bonds is 3. The first-order valence-corrected chi connectivity index (χ1v) is 4.21. The summed E-state index contributed by atoms with van der Waals surface area (Å²) >= 11 is 0. The van der Waals surface area contributed by atoms with Crippen LogP contribution in [-0.4, -0.2) is 34.4 Å². The Kier molecular flexibility index (Phi) is 3.59. The molecule has 0 aliphatic carbocycles. The molecule has 1 heterocycles. The number of esters is 1. The number of hydrogen-bond acceptors (Lipinski definition) is 6. The molecule has 82 valence electrons. The van der Waals surface area contributed by atoms with Gasteiger partial charge in [0.2, 0.25) is 0 Å². The molecule has 0 aliphatic rings. The van der Waals surface area contributed by atoms with Gasteiger partial charge in [-0.25, -0.2) is 4.79 Å². The molecule has 0 amide bonds. The van der Waals surface area contributed by atoms with Crippen LogP contribution in [0.1, 0.15) is 11.8 Å². The number of methoxy groups -OCH3 is 1. The highest BCUT2D eigenvalue weighted by molar-refractivity contribution is 5.75. The van der Waals surface area contributed by atoms with Gasteiger partial charge in [0.05, 0.1) is 24.7 Å². The summed E-state index contributed by atoms with van der Waals surface area (Å²) in [6.07, 6.45) is -1.74. The predicted molar refractivity (Wildman–Crippen MR) is 51.6 cm³/mol. The van der Waals surface area contributed by atoms with E-state index in [1.54, 1.807) is 0 Å². The standard InChI is InChI=1S/C9H12N2O4/c1-15-9(14)8(13)7(12)6-3-2-5(10)4-11-6/h2-4,7-8,12-13H,10H2,1H3. The SMILES string of the molecule is COC(=O)C(O)C(O)c1ccc(N)cn1. The third-order valence-electron chi connectivity index (χ3n) is 1.85. The fourth-order valence-corrected chi connectivity index (χ4v) is 1.00. The Balaban J connectivity index is 2.80. The van der Waals surface area contributed by atoms with E-state index in [-0.39, 0.29) is 5.69 Å². The zero-order valence-electron chi connectivity index (χ0n) is 8.12. The lowest BCUT2D eigenvalue weighted by Gasteiger charge is -2.14. The second-order valence-electron chi connectivity index (χ2n) is 2.93. The lowest BCUT2D eigenvalue weighted by molar-refractivity contribution is -0.157. The first kappa shape index (κ1) is 11.4. The average molecular weight is 212 g/mol. The smallest absolute Gasteiger partial charge is 0.337 e. The normalized spacial score (nSPS) is 14.3. The molecule has 0 saturated heterocycles. The van der Waals surface area contributed by atoms with E-state index in [4.69, 9.17) is 5.73 Å². The van der Waals surface area contributed by atoms with E-state index in [1.807, 2.05) is 0 Å². The Morgan fingerprint density at radius 1 is 1.53 bits per heavy atom. The van der Waals surface area contributed by atoms with Gasteiger partial charge in [-0.3, -0.25) is 4.98 Å². The summed E-state index contributed by atoms with van der Waals surface area (Å²) in [6.45, 7) is 0. The van der Waals surface area contributed by atoms with Crippen LogP contribution in [0.4, 0.5) is 5.69 Å². The molecule has 0 aliphatic heterocycles. The van der Waals surface area contributed by atoms with Crippen molar-refractivity contribution in [2.45, 2.75) is 12.2 Å². The molecule has 0 radical (unpaired) electrons. The second-order valence-corrected chi connectivity index (χ2v) is 2.93. The highest BCUT2D eigenvalue weighted by atomic mass is 16.5. The average Bonchev–Trinajstić information content (AvgIpc) is 2.27. The minimum absolute atomic E-state index is 0.155. The number of pyridine rings is 1. The molecule has 4 N–H and O–H groups in total. The first-order valence-electron chi connectivity index (χ1n) is 4.21. The molecule has 2 unspecified atom stereocenters. The third-order valence-corrected chi connectivity index (χ3v) is 1.85. The molecule has 0 fully saturated rings. The van der Waals surface area contributed by atoms with Crippen molar-refractivity contribution in [2.75, 3.05) is 12.8 Å². The maximum atomic E-state index is 10.9. The molecule has 0 aromatic carbocycles. The van der Waals surface area contributed by atoms with E-state index in [0.717, 1.165) is 7.11 Å². The van der Waals surface area contributed by atoms with Gasteiger partial charge in [-0.2, -0.15) is 0 Å². The van der Waals surface area contributed by atoms with Crippen LogP contribution in [0, 0.1) is 0 Å². The topological polar surface area (TPSA) is 106 Å². The molecule has 0 spiro atoms. The maximum absolute atomic E-state index is 10.9. The molecule has 6 nitrogen and oxygen atoms in total. The largest absolute Gasteiger partial charge is 0.467 e. The van der Waals surface area contributed by atoms with Crippen LogP contribution in [0.3, 0.4) is 0 Å². The zero-order valence-corrected chi connectivity index (χ0v) is 8.12. The van der Waals surface area contributed by atoms with Crippen molar-refractivity contribution >= 4 is 11.7 Å². The molecule has 1 aromatic heterocycles. The van der Waals surface area contributed by atoms with Crippen LogP contribution in [0.25, 0.3) is 0 Å². The summed E-state index contributed by atoms with van der Waals surface area (Å²) in [4.78, 5) is 14.7. The molecular weight excluding hydrogens is 200 g/mol. The fraction of sp³-hybridized carbons (Fsp3) is 0.333. The number of hydrogen-bond donors (Lipinski definition) is 3. The lowest BCUT2D eigenvalue weighted by atomic mass is 10.1. The van der Waals surface area contributed by atoms with E-state index in [9.17, 15) is 15.0 Å². The number of aromatic nitrogens is 1. The summed E-state index contributed by atoms with van der Waals surface area (Å²) in [6, 6.07) is 2.93. The number of ether oxygens (including phenoxy) is 1. The molecule has 1 rings (SSSR count). The fourth-order valence-electron chi connectivity index (χ4n) is 1.00. The van der Waals surface area contributed by atoms with Gasteiger partial charge in [-0.1, -0.05) is 0 Å². The van der Waals surface area contributed by atoms with Crippen molar-refractivity contribution in [3.63, 3.8) is 0 Å². The van der Waals surface area contributed by atoms with Crippen LogP contribution < -0.4 is 5.73 Å². The lowest BCUT2D eigenvalue weighted by Crippen LogP contribution is -2.29. The number of nitrogen functional groups attached to an aromatic ring is 1. The van der Waals surface area contributed by atoms with Crippen LogP contribution in [0.2, 0.25) is 0 Å². The summed E-state index contributed by atoms with van der Waals surface area (Å²) < 4.78 is 4.28. The molecule has 0 bridgehead atoms. The minimum atomic E-state index is -1.65. The Hall–Kier alpha value is -1.66. The van der Waals surface area contributed by atoms with E-state index in [1.165, 1.54) is 18.3 Å². The van der Waals surface area contributed by atoms with Crippen LogP contribution >= 0.6 is 0 Å². The number of aliphatic hydroxyl groups is 2. The van der Waals surface area contributed by atoms with E-state index in [2.05, 4.69) is 9.72 Å². The highest BCUT2D eigenvalue weighted by Crippen LogP contribution is 2.16. The van der Waals surface area contributed by atoms with Crippen molar-refractivity contribution in [2.24, 2.45) is 0 Å². The van der Waals surface area contributed by atoms with Gasteiger partial charge in [0.15, 0.2) is 6.10 Å². The van der Waals surface area contributed by atoms with Gasteiger partial charge in [-0.05, 0) is 12.1 Å². The molecule has 0 saturated carbocycles. The van der Waals surface area contributed by atoms with E-state index in [0.29, 0.717) is 5.69 Å². The molecule has 6 heteroatoms. The van der Waals surface area contributed by atoms with Gasteiger partial charge < -0.3 is 20.7 Å². The summed E-state index contributed by atoms with van der Waals surface area (Å²) in [5.41, 5.74) is 5.97. The van der Waals surface area contributed by atoms with Crippen LogP contribution in [0.5, 0.6) is 0 Å². The van der Waals surface area contributed by atoms with E-state index >= 15 is 0 Å². The van der Waals surface area contributed by atoms with Crippen molar-refractivity contribution in [3.05, 3.63) is 24.0 Å². The highest BCUT2D eigenvalue weighted by Gasteiger charge is 2.27. The third kappa shape index (κ3) is 2.64. The van der Waals surface area contributed by atoms with Crippen molar-refractivity contribution in [1.82, 2.24) is 4.98 Å². The summed E-state index contributed by atoms with van der Waals surface area (Å²) in [5.74, 6) is -0.916. The minimum Gasteiger partial charge on any atom is -0.467 e. The number of nitrogens with two attached hydrogens (primary N) is 1. The van der Waals surface area contributed by atoms with Crippen molar-refractivity contribution < 1.29 is 19.7 Å². The van der Waals surface area contributed by atoms with E-state index < -0.39 is 18.2 Å². The van der Waals surface area contributed by atoms with Gasteiger partial charge in [-0.15, -0.1) is 0 Å². The van der Waals surface area contributed by atoms with Gasteiger partial charge in [0, 0.05) is 0 Å². The zero-order chi connectivity index (χ0) is 11.4. The number of anilines is 1. The van der Waals surface area contributed by atoms with Crippen molar-refractivity contribution in [1.29, 1.82) is 0 Å². The Bertz CT molecular complexity index is 338. The molecule has 2 atom stereocenters. The van der Waals surface area contributed by atoms with Gasteiger partial charge >= 0.3 is 5.97 Å². The van der Waals surface area contributed by atoms with Crippen LogP contribution in [-0.2, 0) is 9.53 Å². The Morgan fingerprint density at radius 3 is 2.67 bits per heavy atom. The maximum Gasteiger partial charge on any atom is 0.337 e. The second kappa shape index (κ2) is 4.72. The Morgan fingerprint density at radius 2 is 2.20 bits per heavy atom. The Labute approximate surface area is 86.3 Å². The van der Waals surface area contributed by atoms with Crippen molar-refractivity contribution in [3.8, 4) is 0 Å². The number of aliphatic hydroxyl groups excluding tert-OH is 2. The quantitative estimate of drug-likeness (QED) is 0.568. The summed E-state index contributed by atoms with van der Waals surface area (Å²) in [7, 11) is 1.12.